The number of hydrogen-bond donors (Lipinski definition) is 5. The number of hydrogen-bond acceptors (Lipinski definition) is 11. The van der Waals surface area contributed by atoms with Crippen molar-refractivity contribution in [1.29, 1.82) is 0 Å². The van der Waals surface area contributed by atoms with E-state index in [4.69, 9.17) is 0 Å². The number of carbonyl (C=O) groups excluding carboxylic acids is 7. The number of likely N-dealkylation sites (N-methyl/N-ethyl adjacent to an activating group) is 1. The smallest absolute Gasteiger partial charge is 0.548 e. The van der Waals surface area contributed by atoms with Crippen molar-refractivity contribution in [1.82, 2.24) is 30.7 Å². The average molecular weight is 615 g/mol. The quantitative estimate of drug-likeness (QED) is 0.0462. The average Bonchev–Trinajstić information content (AvgIpc) is 3.18. The van der Waals surface area contributed by atoms with Crippen molar-refractivity contribution in [3.8, 4) is 11.5 Å². The Bertz CT molecular complexity index is 1360. The summed E-state index contributed by atoms with van der Waals surface area (Å²) in [5, 5.41) is 37.4. The van der Waals surface area contributed by atoms with E-state index in [1.54, 1.807) is 20.8 Å². The molecule has 3 fully saturated rings. The Labute approximate surface area is 265 Å². The van der Waals surface area contributed by atoms with E-state index in [9.17, 15) is 48.9 Å². The first-order valence-corrected chi connectivity index (χ1v) is 13.3. The second-order valence-electron chi connectivity index (χ2n) is 10.0. The van der Waals surface area contributed by atoms with Crippen LogP contribution in [-0.2, 0) is 28.8 Å². The Balaban J connectivity index is 0.00000484. The molecule has 3 saturated heterocycles. The number of benzene rings is 1. The number of nitrogens with zero attached hydrogens (tertiary/aromatic N) is 3. The fraction of sp³-hybridized carbons (Fsp3) is 0.458. The molecule has 18 heteroatoms. The molecule has 4 atom stereocenters. The summed E-state index contributed by atoms with van der Waals surface area (Å²) in [6, 6.07) is -1.09. The summed E-state index contributed by atoms with van der Waals surface area (Å²) in [6.45, 7) is 4.87. The second-order valence-corrected chi connectivity index (χ2v) is 11.8. The molecule has 0 radical (unpaired) electrons. The minimum atomic E-state index is -2.12. The zero-order valence-corrected chi connectivity index (χ0v) is 25.9. The van der Waals surface area contributed by atoms with Gasteiger partial charge in [-0.15, -0.1) is 11.8 Å². The van der Waals surface area contributed by atoms with Crippen molar-refractivity contribution < 1.29 is 78.4 Å². The molecule has 1 aromatic rings. The van der Waals surface area contributed by atoms with Crippen LogP contribution in [-0.4, -0.2) is 108 Å². The number of phenols is 2. The van der Waals surface area contributed by atoms with E-state index in [0.717, 1.165) is 28.8 Å². The van der Waals surface area contributed by atoms with Crippen LogP contribution < -0.4 is 50.6 Å². The van der Waals surface area contributed by atoms with Gasteiger partial charge in [0.05, 0.1) is 12.0 Å². The summed E-state index contributed by atoms with van der Waals surface area (Å²) in [4.78, 5) is 91.1. The van der Waals surface area contributed by atoms with Gasteiger partial charge in [0, 0.05) is 24.4 Å². The van der Waals surface area contributed by atoms with Crippen LogP contribution in [0.1, 0.15) is 32.4 Å². The van der Waals surface area contributed by atoms with Crippen molar-refractivity contribution in [2.45, 2.75) is 48.6 Å². The van der Waals surface area contributed by atoms with Gasteiger partial charge in [-0.05, 0) is 38.5 Å². The monoisotopic (exact) mass is 614 g/mol. The summed E-state index contributed by atoms with van der Waals surface area (Å²) in [5.41, 5.74) is -2.22. The van der Waals surface area contributed by atoms with Gasteiger partial charge < -0.3 is 45.9 Å². The number of phenolic OH excluding ortho intramolecular Hbond substituents is 2. The van der Waals surface area contributed by atoms with Crippen LogP contribution in [0.5, 0.6) is 11.5 Å². The van der Waals surface area contributed by atoms with Crippen molar-refractivity contribution in [3.63, 3.8) is 0 Å². The number of amides is 7. The molecule has 0 bridgehead atoms. The first-order valence-electron chi connectivity index (χ1n) is 12.4. The fourth-order valence-corrected chi connectivity index (χ4v) is 6.73. The van der Waals surface area contributed by atoms with E-state index in [-0.39, 0.29) is 61.2 Å². The van der Waals surface area contributed by atoms with Crippen LogP contribution in [0.3, 0.4) is 0 Å². The van der Waals surface area contributed by atoms with E-state index >= 15 is 0 Å². The number of β-lactam (4-membered cyclic amide) rings is 1. The Morgan fingerprint density at radius 1 is 1.14 bits per heavy atom. The molecule has 16 nitrogen and oxygen atoms in total. The third-order valence-corrected chi connectivity index (χ3v) is 8.81. The number of piperazine rings is 1. The fourth-order valence-electron chi connectivity index (χ4n) is 5.08. The van der Waals surface area contributed by atoms with Crippen molar-refractivity contribution >= 4 is 53.8 Å². The van der Waals surface area contributed by atoms with E-state index in [0.29, 0.717) is 4.90 Å². The topological polar surface area (TPSA) is 229 Å². The molecule has 0 aromatic heterocycles. The molecule has 4 rings (SSSR count). The molecule has 3 aliphatic heterocycles. The third kappa shape index (κ3) is 5.36. The molecule has 1 aromatic carbocycles. The van der Waals surface area contributed by atoms with Gasteiger partial charge in [0.15, 0.2) is 11.5 Å². The van der Waals surface area contributed by atoms with Crippen molar-refractivity contribution in [3.05, 3.63) is 23.8 Å². The molecular weight excluding hydrogens is 587 g/mol. The number of carboxylic acid groups (broad SMARTS) is 1. The van der Waals surface area contributed by atoms with Gasteiger partial charge >= 0.3 is 47.4 Å². The Hall–Kier alpha value is -3.54. The summed E-state index contributed by atoms with van der Waals surface area (Å²) >= 11 is 0.991. The molecule has 1 unspecified atom stereocenters. The van der Waals surface area contributed by atoms with Gasteiger partial charge in [-0.25, -0.2) is 4.79 Å². The van der Waals surface area contributed by atoms with Crippen molar-refractivity contribution in [2.75, 3.05) is 19.6 Å². The standard InChI is InChI=1S/C24H28N6O10S.Na/c1-4-28-7-8-29(18(36)17(28)35)22(40)26-14(11-5-6-12(32)13(33)9-11)16(34)27-24(25-10-31)20(39)30-15(19(37)38)23(2,3)41-21(24)30;/h5-6,9-10,14-15,21,32-33H,4,7-8H2,1-3H3,(H,25,31)(H,26,40)(H,27,34)(H,37,38);/q;+1/p-1/t14?,15-,21-,24-;/m1./s1. The Morgan fingerprint density at radius 3 is 2.38 bits per heavy atom. The molecule has 42 heavy (non-hydrogen) atoms. The van der Waals surface area contributed by atoms with E-state index in [1.807, 2.05) is 0 Å². The van der Waals surface area contributed by atoms with Crippen LogP contribution >= 0.6 is 11.8 Å². The largest absolute Gasteiger partial charge is 1.00 e. The number of urea groups is 1. The van der Waals surface area contributed by atoms with Gasteiger partial charge in [0.25, 0.3) is 5.91 Å². The second kappa shape index (κ2) is 12.0. The van der Waals surface area contributed by atoms with Gasteiger partial charge in [-0.1, -0.05) is 6.07 Å². The SMILES string of the molecule is CCN1CCN(C(=O)NC(C(=O)N[C@]2(NC=O)C(=O)N3[C@H](C(=O)[O-])C(C)(C)S[C@@H]32)c2ccc(O)c(O)c2)C(=O)C1=O.[Na+]. The maximum atomic E-state index is 13.7. The Morgan fingerprint density at radius 2 is 1.81 bits per heavy atom. The third-order valence-electron chi connectivity index (χ3n) is 7.18. The molecule has 220 valence electrons. The van der Waals surface area contributed by atoms with Crippen LogP contribution in [0.2, 0.25) is 0 Å². The predicted molar refractivity (Wildman–Crippen MR) is 136 cm³/mol. The number of carbonyl (C=O) groups is 7. The van der Waals surface area contributed by atoms with Crippen LogP contribution in [0, 0.1) is 0 Å². The summed E-state index contributed by atoms with van der Waals surface area (Å²) in [7, 11) is 0. The zero-order chi connectivity index (χ0) is 30.4. The molecule has 3 aliphatic rings. The number of aliphatic carboxylic acids is 1. The predicted octanol–water partition coefficient (Wildman–Crippen LogP) is -6.09. The molecule has 3 heterocycles. The van der Waals surface area contributed by atoms with Crippen molar-refractivity contribution in [2.24, 2.45) is 0 Å². The summed E-state index contributed by atoms with van der Waals surface area (Å²) in [5.74, 6) is -6.85. The van der Waals surface area contributed by atoms with E-state index < -0.39 is 75.0 Å². The first-order chi connectivity index (χ1) is 19.2. The van der Waals surface area contributed by atoms with Crippen LogP contribution in [0.25, 0.3) is 0 Å². The molecule has 5 N–H and O–H groups in total. The van der Waals surface area contributed by atoms with Gasteiger partial charge in [-0.2, -0.15) is 0 Å². The number of aromatic hydroxyl groups is 2. The molecular formula is C24H27N6NaO10S. The molecule has 0 spiro atoms. The van der Waals surface area contributed by atoms with Crippen LogP contribution in [0.15, 0.2) is 18.2 Å². The minimum absolute atomic E-state index is 0. The van der Waals surface area contributed by atoms with Gasteiger partial charge in [-0.3, -0.25) is 28.9 Å². The molecule has 7 amide bonds. The first kappa shape index (κ1) is 33.0. The zero-order valence-electron chi connectivity index (χ0n) is 23.1. The molecule has 0 saturated carbocycles. The summed E-state index contributed by atoms with van der Waals surface area (Å²) < 4.78 is -1.07. The maximum Gasteiger partial charge on any atom is 1.00 e. The number of rotatable bonds is 8. The number of nitrogens with one attached hydrogen (secondary N) is 3. The van der Waals surface area contributed by atoms with Gasteiger partial charge in [0.2, 0.25) is 18.0 Å². The van der Waals surface area contributed by atoms with Gasteiger partial charge in [0.1, 0.15) is 11.4 Å². The number of fused-ring (bicyclic) bond motifs is 1. The molecule has 0 aliphatic carbocycles. The van der Waals surface area contributed by atoms with Crippen LogP contribution in [0.4, 0.5) is 4.79 Å². The Kier molecular flexibility index (Phi) is 9.41. The summed E-state index contributed by atoms with van der Waals surface area (Å²) in [6.07, 6.45) is 0.146. The minimum Gasteiger partial charge on any atom is -0.548 e. The van der Waals surface area contributed by atoms with E-state index in [1.165, 1.54) is 11.0 Å². The number of imide groups is 1. The normalized spacial score (nSPS) is 25.0. The number of thioether (sulfide) groups is 1. The van der Waals surface area contributed by atoms with E-state index in [2.05, 4.69) is 16.0 Å². The maximum absolute atomic E-state index is 13.7. The number of carboxylic acids is 1.